The molecule has 0 radical (unpaired) electrons. The maximum atomic E-state index is 13.1. The number of rotatable bonds is 42. The Morgan fingerprint density at radius 3 is 1.52 bits per heavy atom. The van der Waals surface area contributed by atoms with Crippen LogP contribution in [0.4, 0.5) is 0 Å². The molecule has 0 saturated carbocycles. The van der Waals surface area contributed by atoms with Gasteiger partial charge in [-0.2, -0.15) is 8.42 Å². The molecule has 1 heterocycles. The molecule has 0 aromatic rings. The van der Waals surface area contributed by atoms with Crippen molar-refractivity contribution in [2.45, 2.75) is 255 Å². The fraction of sp³-hybridized carbons (Fsp3) is 0.857. The van der Waals surface area contributed by atoms with Crippen LogP contribution in [0.5, 0.6) is 0 Å². The Bertz CT molecular complexity index is 1280. The number of carbonyl (C=O) groups excluding carboxylic acids is 1. The van der Waals surface area contributed by atoms with Gasteiger partial charge in [0, 0.05) is 0 Å². The van der Waals surface area contributed by atoms with Crippen LogP contribution in [0.3, 0.4) is 0 Å². The molecule has 14 heteroatoms. The number of unbranched alkanes of at least 4 members (excludes halogenated alkanes) is 25. The number of allylic oxidation sites excluding steroid dienone is 5. The lowest BCUT2D eigenvalue weighted by atomic mass is 9.99. The fourth-order valence-corrected chi connectivity index (χ4v) is 8.27. The summed E-state index contributed by atoms with van der Waals surface area (Å²) >= 11 is 0. The fourth-order valence-electron chi connectivity index (χ4n) is 7.77. The van der Waals surface area contributed by atoms with Crippen molar-refractivity contribution in [3.63, 3.8) is 0 Å². The van der Waals surface area contributed by atoms with Gasteiger partial charge in [-0.15, -0.1) is 0 Å². The van der Waals surface area contributed by atoms with Crippen LogP contribution in [0.1, 0.15) is 206 Å². The zero-order chi connectivity index (χ0) is 46.4. The van der Waals surface area contributed by atoms with E-state index in [9.17, 15) is 43.3 Å². The lowest BCUT2D eigenvalue weighted by molar-refractivity contribution is -0.298. The van der Waals surface area contributed by atoms with Gasteiger partial charge in [0.25, 0.3) is 0 Å². The largest absolute Gasteiger partial charge is 0.397 e. The van der Waals surface area contributed by atoms with Crippen LogP contribution in [0, 0.1) is 0 Å². The van der Waals surface area contributed by atoms with Gasteiger partial charge in [0.15, 0.2) is 6.29 Å². The summed E-state index contributed by atoms with van der Waals surface area (Å²) in [6.45, 7) is 3.20. The van der Waals surface area contributed by atoms with Crippen molar-refractivity contribution < 1.29 is 57.0 Å². The zero-order valence-corrected chi connectivity index (χ0v) is 40.1. The quantitative estimate of drug-likeness (QED) is 0.0174. The molecule has 1 aliphatic heterocycles. The number of nitrogens with one attached hydrogen (secondary N) is 1. The van der Waals surface area contributed by atoms with Crippen LogP contribution in [-0.2, 0) is 28.9 Å². The first-order valence-corrected chi connectivity index (χ1v) is 26.3. The highest BCUT2D eigenvalue weighted by Gasteiger charge is 2.48. The van der Waals surface area contributed by atoms with Gasteiger partial charge < -0.3 is 40.3 Å². The average molecular weight is 918 g/mol. The Morgan fingerprint density at radius 2 is 1.06 bits per heavy atom. The maximum Gasteiger partial charge on any atom is 0.397 e. The van der Waals surface area contributed by atoms with Crippen molar-refractivity contribution in [3.8, 4) is 0 Å². The Labute approximate surface area is 382 Å². The molecule has 1 rings (SSSR count). The summed E-state index contributed by atoms with van der Waals surface area (Å²) in [7, 11) is -5.12. The molecule has 8 unspecified atom stereocenters. The molecule has 8 atom stereocenters. The molecule has 1 saturated heterocycles. The van der Waals surface area contributed by atoms with Crippen LogP contribution in [0.25, 0.3) is 0 Å². The average Bonchev–Trinajstić information content (AvgIpc) is 3.25. The van der Waals surface area contributed by atoms with Crippen LogP contribution < -0.4 is 5.32 Å². The number of carbonyl (C=O) groups is 1. The number of amides is 1. The molecule has 0 aromatic carbocycles. The van der Waals surface area contributed by atoms with E-state index in [4.69, 9.17) is 9.47 Å². The topological polar surface area (TPSA) is 212 Å². The van der Waals surface area contributed by atoms with E-state index < -0.39 is 78.5 Å². The second-order valence-corrected chi connectivity index (χ2v) is 18.6. The highest BCUT2D eigenvalue weighted by atomic mass is 32.3. The molecule has 13 nitrogen and oxygen atoms in total. The summed E-state index contributed by atoms with van der Waals surface area (Å²) in [5.41, 5.74) is 0. The van der Waals surface area contributed by atoms with E-state index in [2.05, 4.69) is 47.7 Å². The summed E-state index contributed by atoms with van der Waals surface area (Å²) in [5, 5.41) is 55.3. The minimum Gasteiger partial charge on any atom is -0.394 e. The SMILES string of the molecule is CCCCCCCC/C=C\CCCCCCCCC(O)C(=O)NC(COC1OC(CO)C(O)C(OS(=O)(=O)O)C1O)C(O)/C=C/CC/C=C/CCCCCCCCCCCCCC. The normalized spacial score (nSPS) is 21.2. The van der Waals surface area contributed by atoms with E-state index in [1.165, 1.54) is 115 Å². The number of aliphatic hydroxyl groups excluding tert-OH is 5. The van der Waals surface area contributed by atoms with E-state index in [1.807, 2.05) is 0 Å². The number of hydrogen-bond acceptors (Lipinski definition) is 11. The third-order valence-electron chi connectivity index (χ3n) is 11.8. The van der Waals surface area contributed by atoms with Gasteiger partial charge in [-0.25, -0.2) is 4.18 Å². The van der Waals surface area contributed by atoms with Crippen molar-refractivity contribution in [3.05, 3.63) is 36.5 Å². The van der Waals surface area contributed by atoms with E-state index >= 15 is 0 Å². The summed E-state index contributed by atoms with van der Waals surface area (Å²) in [6.07, 6.45) is 35.1. The minimum absolute atomic E-state index is 0.229. The lowest BCUT2D eigenvalue weighted by Crippen LogP contribution is -2.61. The van der Waals surface area contributed by atoms with Gasteiger partial charge in [-0.05, 0) is 57.8 Å². The first-order valence-electron chi connectivity index (χ1n) is 25.0. The molecule has 7 N–H and O–H groups in total. The number of hydrogen-bond donors (Lipinski definition) is 7. The third kappa shape index (κ3) is 31.8. The molecule has 63 heavy (non-hydrogen) atoms. The second kappa shape index (κ2) is 39.4. The summed E-state index contributed by atoms with van der Waals surface area (Å²) in [5.74, 6) is -0.717. The van der Waals surface area contributed by atoms with Crippen molar-refractivity contribution in [1.29, 1.82) is 0 Å². The molecule has 0 aliphatic carbocycles. The van der Waals surface area contributed by atoms with Crippen LogP contribution in [0.2, 0.25) is 0 Å². The molecule has 1 fully saturated rings. The van der Waals surface area contributed by atoms with Gasteiger partial charge in [-0.3, -0.25) is 9.35 Å². The lowest BCUT2D eigenvalue weighted by Gasteiger charge is -2.41. The van der Waals surface area contributed by atoms with Crippen LogP contribution >= 0.6 is 0 Å². The van der Waals surface area contributed by atoms with Gasteiger partial charge in [-0.1, -0.05) is 185 Å². The predicted molar refractivity (Wildman–Crippen MR) is 251 cm³/mol. The van der Waals surface area contributed by atoms with E-state index in [1.54, 1.807) is 6.08 Å². The molecule has 0 bridgehead atoms. The summed E-state index contributed by atoms with van der Waals surface area (Å²) in [4.78, 5) is 13.1. The maximum absolute atomic E-state index is 13.1. The van der Waals surface area contributed by atoms with Gasteiger partial charge in [0.2, 0.25) is 5.91 Å². The third-order valence-corrected chi connectivity index (χ3v) is 12.2. The summed E-state index contributed by atoms with van der Waals surface area (Å²) in [6, 6.07) is -1.14. The van der Waals surface area contributed by atoms with E-state index in [-0.39, 0.29) is 6.42 Å². The Morgan fingerprint density at radius 1 is 0.635 bits per heavy atom. The van der Waals surface area contributed by atoms with Gasteiger partial charge >= 0.3 is 10.4 Å². The van der Waals surface area contributed by atoms with Crippen molar-refractivity contribution in [2.24, 2.45) is 0 Å². The van der Waals surface area contributed by atoms with Gasteiger partial charge in [0.05, 0.1) is 25.4 Å². The zero-order valence-electron chi connectivity index (χ0n) is 39.3. The van der Waals surface area contributed by atoms with Crippen LogP contribution in [-0.4, -0.2) is 107 Å². The molecule has 0 aromatic heterocycles. The molecule has 370 valence electrons. The molecule has 0 spiro atoms. The molecular weight excluding hydrogens is 827 g/mol. The highest BCUT2D eigenvalue weighted by Crippen LogP contribution is 2.26. The van der Waals surface area contributed by atoms with E-state index in [0.29, 0.717) is 12.8 Å². The standard InChI is InChI=1S/C49H91NO12S/c1-3-5-7-9-11-13-15-17-19-21-22-24-25-27-29-31-33-35-37-42(52)41(40-60-49-46(55)47(62-63(57,58)59)45(54)44(39-51)61-49)50-48(56)43(53)38-36-34-32-30-28-26-23-20-18-16-14-12-10-8-6-4-2/h18,20,27,29,35,37,41-47,49,51-55H,3-17,19,21-26,28,30-34,36,38-40H2,1-2H3,(H,50,56)(H,57,58,59)/b20-18-,29-27+,37-35+. The first kappa shape index (κ1) is 59.3. The van der Waals surface area contributed by atoms with E-state index in [0.717, 1.165) is 64.2 Å². The van der Waals surface area contributed by atoms with Crippen molar-refractivity contribution in [2.75, 3.05) is 13.2 Å². The smallest absolute Gasteiger partial charge is 0.394 e. The number of aliphatic hydroxyl groups is 5. The Balaban J connectivity index is 2.58. The Kier molecular flexibility index (Phi) is 37.1. The van der Waals surface area contributed by atoms with Crippen molar-refractivity contribution >= 4 is 16.3 Å². The number of ether oxygens (including phenoxy) is 2. The van der Waals surface area contributed by atoms with Crippen molar-refractivity contribution in [1.82, 2.24) is 5.32 Å². The first-order chi connectivity index (χ1) is 30.4. The molecule has 1 amide bonds. The monoisotopic (exact) mass is 918 g/mol. The predicted octanol–water partition coefficient (Wildman–Crippen LogP) is 9.25. The minimum atomic E-state index is -5.12. The second-order valence-electron chi connectivity index (χ2n) is 17.5. The summed E-state index contributed by atoms with van der Waals surface area (Å²) < 4.78 is 47.6. The highest BCUT2D eigenvalue weighted by molar-refractivity contribution is 7.80. The van der Waals surface area contributed by atoms with Gasteiger partial charge in [0.1, 0.15) is 30.5 Å². The Hall–Kier alpha value is -1.72. The molecular formula is C49H91NO12S. The van der Waals surface area contributed by atoms with Crippen LogP contribution in [0.15, 0.2) is 36.5 Å². The molecule has 1 aliphatic rings.